The van der Waals surface area contributed by atoms with Crippen LogP contribution in [0, 0.1) is 6.92 Å². The number of pyridine rings is 1. The van der Waals surface area contributed by atoms with Crippen LogP contribution < -0.4 is 10.6 Å². The molecule has 3 heterocycles. The van der Waals surface area contributed by atoms with Gasteiger partial charge in [0.1, 0.15) is 23.6 Å². The number of carbonyl (C=O) groups is 1. The van der Waals surface area contributed by atoms with Gasteiger partial charge < -0.3 is 15.2 Å². The SMILES string of the molecule is Cc1cc(Nc2cc(C(=O)NCc3cccnc3)ncn2)no1. The molecule has 2 N–H and O–H groups in total. The van der Waals surface area contributed by atoms with Gasteiger partial charge in [0.05, 0.1) is 0 Å². The third-order valence-electron chi connectivity index (χ3n) is 2.96. The van der Waals surface area contributed by atoms with Crippen molar-refractivity contribution in [1.82, 2.24) is 25.4 Å². The van der Waals surface area contributed by atoms with Gasteiger partial charge in [0.2, 0.25) is 0 Å². The fourth-order valence-corrected chi connectivity index (χ4v) is 1.88. The first-order chi connectivity index (χ1) is 11.2. The highest BCUT2D eigenvalue weighted by molar-refractivity contribution is 5.92. The normalized spacial score (nSPS) is 10.3. The number of carbonyl (C=O) groups excluding carboxylic acids is 1. The Balaban J connectivity index is 1.65. The lowest BCUT2D eigenvalue weighted by atomic mass is 10.3. The predicted molar refractivity (Wildman–Crippen MR) is 82.0 cm³/mol. The molecule has 0 aliphatic heterocycles. The average Bonchev–Trinajstić information content (AvgIpc) is 2.99. The van der Waals surface area contributed by atoms with Crippen LogP contribution in [0.4, 0.5) is 11.6 Å². The number of aromatic nitrogens is 4. The first-order valence-corrected chi connectivity index (χ1v) is 6.90. The molecule has 23 heavy (non-hydrogen) atoms. The lowest BCUT2D eigenvalue weighted by Crippen LogP contribution is -2.24. The molecule has 0 saturated carbocycles. The minimum atomic E-state index is -0.296. The Kier molecular flexibility index (Phi) is 4.23. The van der Waals surface area contributed by atoms with Crippen molar-refractivity contribution < 1.29 is 9.32 Å². The summed E-state index contributed by atoms with van der Waals surface area (Å²) in [4.78, 5) is 24.2. The van der Waals surface area contributed by atoms with Gasteiger partial charge in [-0.15, -0.1) is 0 Å². The van der Waals surface area contributed by atoms with Crippen molar-refractivity contribution in [3.05, 3.63) is 60.0 Å². The van der Waals surface area contributed by atoms with E-state index < -0.39 is 0 Å². The molecule has 3 aromatic rings. The minimum Gasteiger partial charge on any atom is -0.360 e. The highest BCUT2D eigenvalue weighted by Gasteiger charge is 2.09. The fraction of sp³-hybridized carbons (Fsp3) is 0.133. The van der Waals surface area contributed by atoms with Crippen molar-refractivity contribution >= 4 is 17.5 Å². The van der Waals surface area contributed by atoms with Gasteiger partial charge in [-0.2, -0.15) is 0 Å². The van der Waals surface area contributed by atoms with E-state index in [0.717, 1.165) is 5.56 Å². The van der Waals surface area contributed by atoms with Gasteiger partial charge in [0, 0.05) is 31.1 Å². The number of nitrogens with one attached hydrogen (secondary N) is 2. The van der Waals surface area contributed by atoms with Gasteiger partial charge in [0.25, 0.3) is 5.91 Å². The Hall–Kier alpha value is -3.29. The fourth-order valence-electron chi connectivity index (χ4n) is 1.88. The molecule has 0 fully saturated rings. The molecule has 0 unspecified atom stereocenters. The zero-order chi connectivity index (χ0) is 16.1. The monoisotopic (exact) mass is 310 g/mol. The maximum Gasteiger partial charge on any atom is 0.270 e. The summed E-state index contributed by atoms with van der Waals surface area (Å²) < 4.78 is 4.96. The van der Waals surface area contributed by atoms with Gasteiger partial charge in [0.15, 0.2) is 5.82 Å². The molecule has 1 amide bonds. The first-order valence-electron chi connectivity index (χ1n) is 6.90. The summed E-state index contributed by atoms with van der Waals surface area (Å²) in [5.74, 6) is 1.36. The van der Waals surface area contributed by atoms with Crippen molar-refractivity contribution in [1.29, 1.82) is 0 Å². The quantitative estimate of drug-likeness (QED) is 0.740. The zero-order valence-corrected chi connectivity index (χ0v) is 12.4. The van der Waals surface area contributed by atoms with E-state index in [2.05, 4.69) is 30.7 Å². The topological polar surface area (TPSA) is 106 Å². The number of rotatable bonds is 5. The molecule has 0 atom stereocenters. The van der Waals surface area contributed by atoms with Gasteiger partial charge in [-0.25, -0.2) is 9.97 Å². The highest BCUT2D eigenvalue weighted by atomic mass is 16.5. The second kappa shape index (κ2) is 6.65. The molecular weight excluding hydrogens is 296 g/mol. The molecular formula is C15H14N6O2. The second-order valence-corrected chi connectivity index (χ2v) is 4.78. The maximum absolute atomic E-state index is 12.1. The van der Waals surface area contributed by atoms with E-state index in [0.29, 0.717) is 23.9 Å². The van der Waals surface area contributed by atoms with Gasteiger partial charge in [-0.05, 0) is 18.6 Å². The van der Waals surface area contributed by atoms with Crippen LogP contribution >= 0.6 is 0 Å². The zero-order valence-electron chi connectivity index (χ0n) is 12.4. The summed E-state index contributed by atoms with van der Waals surface area (Å²) in [5.41, 5.74) is 1.16. The molecule has 3 aromatic heterocycles. The van der Waals surface area contributed by atoms with Crippen molar-refractivity contribution in [2.24, 2.45) is 0 Å². The number of aryl methyl sites for hydroxylation is 1. The number of nitrogens with zero attached hydrogens (tertiary/aromatic N) is 4. The first kappa shape index (κ1) is 14.6. The molecule has 116 valence electrons. The predicted octanol–water partition coefficient (Wildman–Crippen LogP) is 1.84. The molecule has 0 saturated heterocycles. The third-order valence-corrected chi connectivity index (χ3v) is 2.96. The lowest BCUT2D eigenvalue weighted by molar-refractivity contribution is 0.0945. The Labute approximate surface area is 132 Å². The molecule has 0 aromatic carbocycles. The average molecular weight is 310 g/mol. The van der Waals surface area contributed by atoms with E-state index in [1.165, 1.54) is 6.33 Å². The summed E-state index contributed by atoms with van der Waals surface area (Å²) in [6.07, 6.45) is 4.69. The summed E-state index contributed by atoms with van der Waals surface area (Å²) in [6.45, 7) is 2.16. The highest BCUT2D eigenvalue weighted by Crippen LogP contribution is 2.14. The Morgan fingerprint density at radius 2 is 2.17 bits per heavy atom. The molecule has 0 aliphatic rings. The van der Waals surface area contributed by atoms with Crippen LogP contribution in [0.2, 0.25) is 0 Å². The van der Waals surface area contributed by atoms with Crippen LogP contribution in [0.3, 0.4) is 0 Å². The van der Waals surface area contributed by atoms with Crippen LogP contribution in [0.25, 0.3) is 0 Å². The van der Waals surface area contributed by atoms with Crippen LogP contribution in [0.5, 0.6) is 0 Å². The van der Waals surface area contributed by atoms with Gasteiger partial charge >= 0.3 is 0 Å². The third kappa shape index (κ3) is 3.88. The van der Waals surface area contributed by atoms with Crippen molar-refractivity contribution in [2.45, 2.75) is 13.5 Å². The van der Waals surface area contributed by atoms with Crippen LogP contribution in [-0.4, -0.2) is 26.0 Å². The molecule has 8 nitrogen and oxygen atoms in total. The van der Waals surface area contributed by atoms with Crippen molar-refractivity contribution in [3.63, 3.8) is 0 Å². The number of anilines is 2. The van der Waals surface area contributed by atoms with Crippen LogP contribution in [0.15, 0.2) is 47.5 Å². The van der Waals surface area contributed by atoms with E-state index in [9.17, 15) is 4.79 Å². The summed E-state index contributed by atoms with van der Waals surface area (Å²) in [6, 6.07) is 6.97. The van der Waals surface area contributed by atoms with Crippen molar-refractivity contribution in [3.8, 4) is 0 Å². The molecule has 0 spiro atoms. The number of hydrogen-bond donors (Lipinski definition) is 2. The molecule has 8 heteroatoms. The molecule has 0 bridgehead atoms. The van der Waals surface area contributed by atoms with E-state index in [4.69, 9.17) is 4.52 Å². The standard InChI is InChI=1S/C15H14N6O2/c1-10-5-14(21-23-10)20-13-6-12(18-9-19-13)15(22)17-8-11-3-2-4-16-7-11/h2-7,9H,8H2,1H3,(H,17,22)(H,18,19,20,21). The van der Waals surface area contributed by atoms with E-state index in [1.807, 2.05) is 12.1 Å². The summed E-state index contributed by atoms with van der Waals surface area (Å²) >= 11 is 0. The van der Waals surface area contributed by atoms with Gasteiger partial charge in [-0.3, -0.25) is 9.78 Å². The minimum absolute atomic E-state index is 0.256. The van der Waals surface area contributed by atoms with Crippen LogP contribution in [0.1, 0.15) is 21.8 Å². The van der Waals surface area contributed by atoms with E-state index in [-0.39, 0.29) is 11.6 Å². The molecule has 0 aliphatic carbocycles. The number of hydrogen-bond acceptors (Lipinski definition) is 7. The Morgan fingerprint density at radius 3 is 2.91 bits per heavy atom. The summed E-state index contributed by atoms with van der Waals surface area (Å²) in [7, 11) is 0. The van der Waals surface area contributed by atoms with Crippen LogP contribution in [-0.2, 0) is 6.54 Å². The Morgan fingerprint density at radius 1 is 1.26 bits per heavy atom. The van der Waals surface area contributed by atoms with Gasteiger partial charge in [-0.1, -0.05) is 11.2 Å². The lowest BCUT2D eigenvalue weighted by Gasteiger charge is -2.06. The van der Waals surface area contributed by atoms with E-state index in [1.54, 1.807) is 31.5 Å². The number of amides is 1. The maximum atomic E-state index is 12.1. The largest absolute Gasteiger partial charge is 0.360 e. The molecule has 3 rings (SSSR count). The van der Waals surface area contributed by atoms with Crippen molar-refractivity contribution in [2.75, 3.05) is 5.32 Å². The van der Waals surface area contributed by atoms with E-state index >= 15 is 0 Å². The second-order valence-electron chi connectivity index (χ2n) is 4.78. The Bertz CT molecular complexity index is 802. The smallest absolute Gasteiger partial charge is 0.270 e. The molecule has 0 radical (unpaired) electrons. The summed E-state index contributed by atoms with van der Waals surface area (Å²) in [5, 5.41) is 9.53.